The number of nitrogens with zero attached hydrogens (tertiary/aromatic N) is 4. The van der Waals surface area contributed by atoms with E-state index in [-0.39, 0.29) is 6.10 Å². The van der Waals surface area contributed by atoms with E-state index in [1.807, 2.05) is 13.8 Å². The van der Waals surface area contributed by atoms with Gasteiger partial charge in [0, 0.05) is 44.0 Å². The molecule has 2 atom stereocenters. The van der Waals surface area contributed by atoms with Crippen molar-refractivity contribution in [3.05, 3.63) is 17.6 Å². The summed E-state index contributed by atoms with van der Waals surface area (Å²) < 4.78 is 0. The zero-order chi connectivity index (χ0) is 15.4. The van der Waals surface area contributed by atoms with Crippen molar-refractivity contribution < 1.29 is 5.11 Å². The number of rotatable bonds is 5. The van der Waals surface area contributed by atoms with Gasteiger partial charge in [-0.15, -0.1) is 0 Å². The summed E-state index contributed by atoms with van der Waals surface area (Å²) in [4.78, 5) is 13.8. The van der Waals surface area contributed by atoms with Gasteiger partial charge in [-0.05, 0) is 26.7 Å². The molecule has 1 saturated heterocycles. The molecule has 0 aromatic carbocycles. The maximum absolute atomic E-state index is 9.63. The molecular weight excluding hydrogens is 264 g/mol. The summed E-state index contributed by atoms with van der Waals surface area (Å²) in [6, 6.07) is 2.60. The molecule has 2 unspecified atom stereocenters. The Labute approximate surface area is 128 Å². The van der Waals surface area contributed by atoms with E-state index in [0.29, 0.717) is 6.04 Å². The molecule has 21 heavy (non-hydrogen) atoms. The lowest BCUT2D eigenvalue weighted by Crippen LogP contribution is -2.54. The first-order valence-electron chi connectivity index (χ1n) is 8.05. The number of aromatic nitrogens is 2. The molecule has 1 aromatic heterocycles. The molecule has 1 N–H and O–H groups in total. The summed E-state index contributed by atoms with van der Waals surface area (Å²) in [5, 5.41) is 9.63. The van der Waals surface area contributed by atoms with Crippen molar-refractivity contribution >= 4 is 5.82 Å². The lowest BCUT2D eigenvalue weighted by molar-refractivity contribution is 0.0884. The molecule has 1 aliphatic heterocycles. The Morgan fingerprint density at radius 3 is 2.71 bits per heavy atom. The molecule has 0 amide bonds. The topological polar surface area (TPSA) is 52.5 Å². The van der Waals surface area contributed by atoms with Crippen molar-refractivity contribution in [3.63, 3.8) is 0 Å². The number of anilines is 1. The normalized spacial score (nSPS) is 21.6. The third-order valence-electron chi connectivity index (χ3n) is 4.14. The Morgan fingerprint density at radius 2 is 2.10 bits per heavy atom. The van der Waals surface area contributed by atoms with Crippen molar-refractivity contribution in [1.29, 1.82) is 0 Å². The van der Waals surface area contributed by atoms with E-state index in [1.54, 1.807) is 0 Å². The third-order valence-corrected chi connectivity index (χ3v) is 4.14. The average Bonchev–Trinajstić information content (AvgIpc) is 2.46. The van der Waals surface area contributed by atoms with Crippen LogP contribution in [0, 0.1) is 6.92 Å². The van der Waals surface area contributed by atoms with Crippen LogP contribution in [0.25, 0.3) is 0 Å². The van der Waals surface area contributed by atoms with Gasteiger partial charge in [0.2, 0.25) is 0 Å². The number of β-amino-alcohol motifs (C(OH)–C–C–N with tert-alkyl or cyclic N) is 1. The second kappa shape index (κ2) is 7.18. The molecule has 5 heteroatoms. The number of aliphatic hydroxyl groups is 1. The molecule has 5 nitrogen and oxygen atoms in total. The third kappa shape index (κ3) is 4.14. The summed E-state index contributed by atoms with van der Waals surface area (Å²) in [7, 11) is 0. The highest BCUT2D eigenvalue weighted by Crippen LogP contribution is 2.20. The van der Waals surface area contributed by atoms with Crippen LogP contribution in [-0.4, -0.2) is 58.3 Å². The maximum atomic E-state index is 9.63. The maximum Gasteiger partial charge on any atom is 0.132 e. The van der Waals surface area contributed by atoms with Gasteiger partial charge in [0.25, 0.3) is 0 Å². The van der Waals surface area contributed by atoms with Gasteiger partial charge < -0.3 is 10.0 Å². The fourth-order valence-electron chi connectivity index (χ4n) is 3.02. The first-order chi connectivity index (χ1) is 10.0. The van der Waals surface area contributed by atoms with Gasteiger partial charge in [0.05, 0.1) is 6.10 Å². The fourth-order valence-corrected chi connectivity index (χ4v) is 3.02. The van der Waals surface area contributed by atoms with Crippen molar-refractivity contribution in [2.45, 2.75) is 52.7 Å². The van der Waals surface area contributed by atoms with E-state index in [4.69, 9.17) is 0 Å². The molecule has 0 spiro atoms. The van der Waals surface area contributed by atoms with Crippen molar-refractivity contribution in [1.82, 2.24) is 14.9 Å². The predicted molar refractivity (Wildman–Crippen MR) is 85.7 cm³/mol. The van der Waals surface area contributed by atoms with Crippen LogP contribution >= 0.6 is 0 Å². The van der Waals surface area contributed by atoms with Gasteiger partial charge >= 0.3 is 0 Å². The number of aryl methyl sites for hydroxylation is 2. The molecule has 0 radical (unpaired) electrons. The molecule has 0 saturated carbocycles. The fraction of sp³-hybridized carbons (Fsp3) is 0.750. The van der Waals surface area contributed by atoms with Crippen molar-refractivity contribution in [3.8, 4) is 0 Å². The van der Waals surface area contributed by atoms with E-state index >= 15 is 0 Å². The van der Waals surface area contributed by atoms with Gasteiger partial charge in [0.15, 0.2) is 0 Å². The van der Waals surface area contributed by atoms with Crippen molar-refractivity contribution in [2.75, 3.05) is 31.1 Å². The van der Waals surface area contributed by atoms with Crippen LogP contribution in [0.3, 0.4) is 0 Å². The molecule has 0 aliphatic carbocycles. The summed E-state index contributed by atoms with van der Waals surface area (Å²) in [6.07, 6.45) is 1.77. The lowest BCUT2D eigenvalue weighted by atomic mass is 10.1. The van der Waals surface area contributed by atoms with Gasteiger partial charge in [-0.3, -0.25) is 4.90 Å². The van der Waals surface area contributed by atoms with Crippen LogP contribution < -0.4 is 4.90 Å². The largest absolute Gasteiger partial charge is 0.392 e. The summed E-state index contributed by atoms with van der Waals surface area (Å²) in [6.45, 7) is 11.8. The van der Waals surface area contributed by atoms with Crippen LogP contribution in [0.15, 0.2) is 6.07 Å². The highest BCUT2D eigenvalue weighted by molar-refractivity contribution is 5.41. The SMILES string of the molecule is CCc1cc(N2CCN(CC(C)O)C(CC)C2)nc(C)n1. The van der Waals surface area contributed by atoms with Crippen LogP contribution in [-0.2, 0) is 6.42 Å². The van der Waals surface area contributed by atoms with Gasteiger partial charge in [0.1, 0.15) is 11.6 Å². The van der Waals surface area contributed by atoms with Crippen LogP contribution in [0.5, 0.6) is 0 Å². The van der Waals surface area contributed by atoms with E-state index in [9.17, 15) is 5.11 Å². The van der Waals surface area contributed by atoms with E-state index in [1.165, 1.54) is 0 Å². The number of aliphatic hydroxyl groups excluding tert-OH is 1. The molecule has 2 heterocycles. The predicted octanol–water partition coefficient (Wildman–Crippen LogP) is 1.63. The van der Waals surface area contributed by atoms with Crippen LogP contribution in [0.4, 0.5) is 5.82 Å². The molecule has 118 valence electrons. The van der Waals surface area contributed by atoms with E-state index < -0.39 is 0 Å². The number of piperazine rings is 1. The minimum absolute atomic E-state index is 0.265. The first-order valence-corrected chi connectivity index (χ1v) is 8.05. The second-order valence-electron chi connectivity index (χ2n) is 5.97. The number of hydrogen-bond acceptors (Lipinski definition) is 5. The zero-order valence-electron chi connectivity index (χ0n) is 13.7. The Bertz CT molecular complexity index is 464. The minimum Gasteiger partial charge on any atom is -0.392 e. The molecule has 1 aliphatic rings. The molecule has 1 aromatic rings. The second-order valence-corrected chi connectivity index (χ2v) is 5.97. The zero-order valence-corrected chi connectivity index (χ0v) is 13.7. The Morgan fingerprint density at radius 1 is 1.33 bits per heavy atom. The Balaban J connectivity index is 2.11. The minimum atomic E-state index is -0.265. The van der Waals surface area contributed by atoms with Gasteiger partial charge in [-0.25, -0.2) is 9.97 Å². The summed E-state index contributed by atoms with van der Waals surface area (Å²) in [5.74, 6) is 1.90. The standard InChI is InChI=1S/C16H28N4O/c1-5-14-9-16(18-13(4)17-14)20-8-7-19(10-12(3)21)15(6-2)11-20/h9,12,15,21H,5-8,10-11H2,1-4H3. The quantitative estimate of drug-likeness (QED) is 0.894. The summed E-state index contributed by atoms with van der Waals surface area (Å²) >= 11 is 0. The lowest BCUT2D eigenvalue weighted by Gasteiger charge is -2.42. The van der Waals surface area contributed by atoms with Crippen molar-refractivity contribution in [2.24, 2.45) is 0 Å². The Hall–Kier alpha value is -1.20. The monoisotopic (exact) mass is 292 g/mol. The highest BCUT2D eigenvalue weighted by Gasteiger charge is 2.27. The molecule has 1 fully saturated rings. The van der Waals surface area contributed by atoms with E-state index in [0.717, 1.165) is 56.4 Å². The van der Waals surface area contributed by atoms with Gasteiger partial charge in [-0.1, -0.05) is 13.8 Å². The van der Waals surface area contributed by atoms with Gasteiger partial charge in [-0.2, -0.15) is 0 Å². The average molecular weight is 292 g/mol. The highest BCUT2D eigenvalue weighted by atomic mass is 16.3. The Kier molecular flexibility index (Phi) is 5.53. The molecule has 0 bridgehead atoms. The summed E-state index contributed by atoms with van der Waals surface area (Å²) in [5.41, 5.74) is 1.11. The van der Waals surface area contributed by atoms with E-state index in [2.05, 4.69) is 39.7 Å². The van der Waals surface area contributed by atoms with Crippen LogP contribution in [0.2, 0.25) is 0 Å². The molecule has 2 rings (SSSR count). The number of hydrogen-bond donors (Lipinski definition) is 1. The smallest absolute Gasteiger partial charge is 0.132 e. The first kappa shape index (κ1) is 16.2. The molecular formula is C16H28N4O. The van der Waals surface area contributed by atoms with Crippen LogP contribution in [0.1, 0.15) is 38.7 Å².